The molecule has 0 saturated carbocycles. The highest BCUT2D eigenvalue weighted by atomic mass is 32.2. The molecule has 9 heteroatoms. The van der Waals surface area contributed by atoms with E-state index in [4.69, 9.17) is 9.47 Å². The number of sulfone groups is 1. The second-order valence-electron chi connectivity index (χ2n) is 6.15. The number of rotatable bonds is 6. The van der Waals surface area contributed by atoms with Gasteiger partial charge in [-0.1, -0.05) is 0 Å². The second-order valence-corrected chi connectivity index (χ2v) is 8.38. The fourth-order valence-electron chi connectivity index (χ4n) is 2.84. The standard InChI is InChI=1S/C17H22N4O4S/c1-11-8-16(19-12-6-7-26(22,23)10-12)21-17(18-11)20-14-5-4-13(24-2)9-15(14)25-3/h4-5,8-9,12H,6-7,10H2,1-3H3,(H2,18,19,20,21). The van der Waals surface area contributed by atoms with Crippen molar-refractivity contribution in [2.75, 3.05) is 36.4 Å². The van der Waals surface area contributed by atoms with E-state index < -0.39 is 9.84 Å². The van der Waals surface area contributed by atoms with Crippen LogP contribution in [0.5, 0.6) is 11.5 Å². The van der Waals surface area contributed by atoms with E-state index in [2.05, 4.69) is 20.6 Å². The Morgan fingerprint density at radius 2 is 1.96 bits per heavy atom. The average Bonchev–Trinajstić information content (AvgIpc) is 2.93. The van der Waals surface area contributed by atoms with Gasteiger partial charge in [-0.15, -0.1) is 0 Å². The molecular weight excluding hydrogens is 356 g/mol. The van der Waals surface area contributed by atoms with Crippen molar-refractivity contribution in [1.29, 1.82) is 0 Å². The van der Waals surface area contributed by atoms with Crippen molar-refractivity contribution >= 4 is 27.3 Å². The normalized spacial score (nSPS) is 18.3. The van der Waals surface area contributed by atoms with Crippen molar-refractivity contribution < 1.29 is 17.9 Å². The van der Waals surface area contributed by atoms with Crippen LogP contribution in [0.4, 0.5) is 17.5 Å². The topological polar surface area (TPSA) is 102 Å². The van der Waals surface area contributed by atoms with Crippen LogP contribution in [0.1, 0.15) is 12.1 Å². The summed E-state index contributed by atoms with van der Waals surface area (Å²) in [6.45, 7) is 1.86. The first-order valence-electron chi connectivity index (χ1n) is 8.20. The minimum Gasteiger partial charge on any atom is -0.497 e. The van der Waals surface area contributed by atoms with Crippen LogP contribution in [0, 0.1) is 6.92 Å². The zero-order chi connectivity index (χ0) is 18.7. The van der Waals surface area contributed by atoms with E-state index in [1.54, 1.807) is 26.4 Å². The lowest BCUT2D eigenvalue weighted by Gasteiger charge is -2.15. The smallest absolute Gasteiger partial charge is 0.229 e. The van der Waals surface area contributed by atoms with Gasteiger partial charge in [0.15, 0.2) is 9.84 Å². The van der Waals surface area contributed by atoms with E-state index in [1.165, 1.54) is 0 Å². The molecular formula is C17H22N4O4S. The fraction of sp³-hybridized carbons (Fsp3) is 0.412. The monoisotopic (exact) mass is 378 g/mol. The van der Waals surface area contributed by atoms with Crippen LogP contribution in [0.15, 0.2) is 24.3 Å². The SMILES string of the molecule is COc1ccc(Nc2nc(C)cc(NC3CCS(=O)(=O)C3)n2)c(OC)c1. The summed E-state index contributed by atoms with van der Waals surface area (Å²) in [5.41, 5.74) is 1.46. The number of nitrogens with one attached hydrogen (secondary N) is 2. The van der Waals surface area contributed by atoms with Crippen molar-refractivity contribution in [3.63, 3.8) is 0 Å². The Morgan fingerprint density at radius 1 is 1.15 bits per heavy atom. The molecule has 1 atom stereocenters. The quantitative estimate of drug-likeness (QED) is 0.788. The number of aromatic nitrogens is 2. The van der Waals surface area contributed by atoms with Crippen molar-refractivity contribution in [3.05, 3.63) is 30.0 Å². The summed E-state index contributed by atoms with van der Waals surface area (Å²) in [4.78, 5) is 8.83. The van der Waals surface area contributed by atoms with Gasteiger partial charge in [0.1, 0.15) is 17.3 Å². The number of anilines is 3. The molecule has 1 aromatic carbocycles. The lowest BCUT2D eigenvalue weighted by atomic mass is 10.2. The predicted molar refractivity (Wildman–Crippen MR) is 100 cm³/mol. The average molecular weight is 378 g/mol. The number of benzene rings is 1. The van der Waals surface area contributed by atoms with E-state index in [0.29, 0.717) is 35.4 Å². The maximum Gasteiger partial charge on any atom is 0.229 e. The summed E-state index contributed by atoms with van der Waals surface area (Å²) >= 11 is 0. The fourth-order valence-corrected chi connectivity index (χ4v) is 4.51. The molecule has 2 N–H and O–H groups in total. The van der Waals surface area contributed by atoms with Crippen molar-refractivity contribution in [1.82, 2.24) is 9.97 Å². The molecule has 1 aromatic heterocycles. The Hall–Kier alpha value is -2.55. The van der Waals surface area contributed by atoms with Crippen molar-refractivity contribution in [2.45, 2.75) is 19.4 Å². The maximum atomic E-state index is 11.6. The Labute approximate surface area is 152 Å². The van der Waals surface area contributed by atoms with Gasteiger partial charge in [0, 0.05) is 23.9 Å². The molecule has 1 saturated heterocycles. The minimum absolute atomic E-state index is 0.127. The van der Waals surface area contributed by atoms with E-state index in [-0.39, 0.29) is 17.5 Å². The molecule has 1 aliphatic rings. The molecule has 0 aliphatic carbocycles. The largest absolute Gasteiger partial charge is 0.497 e. The molecule has 0 bridgehead atoms. The molecule has 0 spiro atoms. The molecule has 3 rings (SSSR count). The Morgan fingerprint density at radius 3 is 2.62 bits per heavy atom. The lowest BCUT2D eigenvalue weighted by molar-refractivity contribution is 0.395. The van der Waals surface area contributed by atoms with E-state index >= 15 is 0 Å². The molecule has 1 unspecified atom stereocenters. The highest BCUT2D eigenvalue weighted by Gasteiger charge is 2.28. The first kappa shape index (κ1) is 18.2. The number of aryl methyl sites for hydroxylation is 1. The van der Waals surface area contributed by atoms with Gasteiger partial charge in [0.05, 0.1) is 31.4 Å². The van der Waals surface area contributed by atoms with E-state index in [0.717, 1.165) is 5.69 Å². The van der Waals surface area contributed by atoms with Crippen LogP contribution in [0.2, 0.25) is 0 Å². The van der Waals surface area contributed by atoms with Crippen LogP contribution in [0.25, 0.3) is 0 Å². The molecule has 140 valence electrons. The number of ether oxygens (including phenoxy) is 2. The minimum atomic E-state index is -2.95. The third-order valence-corrected chi connectivity index (χ3v) is 5.86. The first-order valence-corrected chi connectivity index (χ1v) is 10.0. The van der Waals surface area contributed by atoms with Gasteiger partial charge in [-0.2, -0.15) is 4.98 Å². The summed E-state index contributed by atoms with van der Waals surface area (Å²) in [6.07, 6.45) is 0.584. The molecule has 0 amide bonds. The Kier molecular flexibility index (Phi) is 5.17. The summed E-state index contributed by atoms with van der Waals surface area (Å²) in [6, 6.07) is 7.06. The Bertz CT molecular complexity index is 902. The Balaban J connectivity index is 1.80. The van der Waals surface area contributed by atoms with Gasteiger partial charge in [0.2, 0.25) is 5.95 Å². The number of hydrogen-bond acceptors (Lipinski definition) is 8. The van der Waals surface area contributed by atoms with Crippen LogP contribution in [0.3, 0.4) is 0 Å². The van der Waals surface area contributed by atoms with Crippen molar-refractivity contribution in [3.8, 4) is 11.5 Å². The van der Waals surface area contributed by atoms with Crippen LogP contribution >= 0.6 is 0 Å². The number of methoxy groups -OCH3 is 2. The summed E-state index contributed by atoms with van der Waals surface area (Å²) < 4.78 is 33.8. The highest BCUT2D eigenvalue weighted by Crippen LogP contribution is 2.31. The van der Waals surface area contributed by atoms with Gasteiger partial charge in [-0.3, -0.25) is 0 Å². The second kappa shape index (κ2) is 7.36. The van der Waals surface area contributed by atoms with Crippen LogP contribution in [-0.4, -0.2) is 50.2 Å². The molecule has 2 aromatic rings. The molecule has 2 heterocycles. The summed E-state index contributed by atoms with van der Waals surface area (Å²) in [7, 11) is 0.214. The van der Waals surface area contributed by atoms with Gasteiger partial charge >= 0.3 is 0 Å². The molecule has 26 heavy (non-hydrogen) atoms. The van der Waals surface area contributed by atoms with Crippen LogP contribution in [-0.2, 0) is 9.84 Å². The zero-order valence-electron chi connectivity index (χ0n) is 14.9. The first-order chi connectivity index (χ1) is 12.4. The van der Waals surface area contributed by atoms with E-state index in [1.807, 2.05) is 19.1 Å². The molecule has 0 radical (unpaired) electrons. The van der Waals surface area contributed by atoms with Gasteiger partial charge in [-0.25, -0.2) is 13.4 Å². The third-order valence-electron chi connectivity index (χ3n) is 4.09. The van der Waals surface area contributed by atoms with Gasteiger partial charge < -0.3 is 20.1 Å². The third kappa shape index (κ3) is 4.34. The van der Waals surface area contributed by atoms with Gasteiger partial charge in [0.25, 0.3) is 0 Å². The maximum absolute atomic E-state index is 11.6. The lowest BCUT2D eigenvalue weighted by Crippen LogP contribution is -2.21. The summed E-state index contributed by atoms with van der Waals surface area (Å²) in [5, 5.41) is 6.32. The van der Waals surface area contributed by atoms with E-state index in [9.17, 15) is 8.42 Å². The van der Waals surface area contributed by atoms with Crippen molar-refractivity contribution in [2.24, 2.45) is 0 Å². The zero-order valence-corrected chi connectivity index (χ0v) is 15.8. The number of nitrogens with zero attached hydrogens (tertiary/aromatic N) is 2. The summed E-state index contributed by atoms with van der Waals surface area (Å²) in [5.74, 6) is 2.62. The van der Waals surface area contributed by atoms with Gasteiger partial charge in [-0.05, 0) is 25.5 Å². The van der Waals surface area contributed by atoms with Crippen LogP contribution < -0.4 is 20.1 Å². The highest BCUT2D eigenvalue weighted by molar-refractivity contribution is 7.91. The molecule has 8 nitrogen and oxygen atoms in total. The molecule has 1 aliphatic heterocycles. The predicted octanol–water partition coefficient (Wildman–Crippen LogP) is 2.14. The molecule has 1 fully saturated rings. The number of hydrogen-bond donors (Lipinski definition) is 2.